The highest BCUT2D eigenvalue weighted by Crippen LogP contribution is 2.09. The van der Waals surface area contributed by atoms with Gasteiger partial charge in [0.2, 0.25) is 0 Å². The molecule has 0 unspecified atom stereocenters. The Bertz CT molecular complexity index is 688. The van der Waals surface area contributed by atoms with Crippen LogP contribution in [0.5, 0.6) is 5.75 Å². The van der Waals surface area contributed by atoms with Gasteiger partial charge in [0.25, 0.3) is 5.91 Å². The minimum absolute atomic E-state index is 0.0461. The molecule has 0 spiro atoms. The third-order valence-electron chi connectivity index (χ3n) is 3.38. The van der Waals surface area contributed by atoms with Crippen LogP contribution in [-0.4, -0.2) is 24.6 Å². The number of benzene rings is 2. The summed E-state index contributed by atoms with van der Waals surface area (Å²) in [7, 11) is 0. The fourth-order valence-electron chi connectivity index (χ4n) is 2.01. The summed E-state index contributed by atoms with van der Waals surface area (Å²) in [5.74, 6) is -0.600. The van der Waals surface area contributed by atoms with Crippen LogP contribution in [0.15, 0.2) is 54.6 Å². The first-order valence-corrected chi connectivity index (χ1v) is 7.94. The Kier molecular flexibility index (Phi) is 6.95. The zero-order chi connectivity index (χ0) is 18.1. The van der Waals surface area contributed by atoms with Gasteiger partial charge >= 0.3 is 5.97 Å². The molecule has 0 heterocycles. The molecule has 0 fully saturated rings. The van der Waals surface area contributed by atoms with E-state index in [2.05, 4.69) is 5.32 Å². The molecule has 0 aromatic heterocycles. The molecular formula is C19H20FNO4. The minimum Gasteiger partial charge on any atom is -0.493 e. The molecule has 0 radical (unpaired) electrons. The zero-order valence-corrected chi connectivity index (χ0v) is 13.9. The van der Waals surface area contributed by atoms with Crippen molar-refractivity contribution >= 4 is 11.9 Å². The summed E-state index contributed by atoms with van der Waals surface area (Å²) in [6.07, 6.45) is -0.866. The van der Waals surface area contributed by atoms with Gasteiger partial charge in [-0.15, -0.1) is 0 Å². The quantitative estimate of drug-likeness (QED) is 0.747. The van der Waals surface area contributed by atoms with Crippen molar-refractivity contribution in [1.82, 2.24) is 5.32 Å². The normalized spacial score (nSPS) is 11.4. The lowest BCUT2D eigenvalue weighted by Gasteiger charge is -2.14. The smallest absolute Gasteiger partial charge is 0.310 e. The van der Waals surface area contributed by atoms with Gasteiger partial charge in [0.05, 0.1) is 13.0 Å². The fraction of sp³-hybridized carbons (Fsp3) is 0.263. The van der Waals surface area contributed by atoms with Gasteiger partial charge < -0.3 is 14.8 Å². The van der Waals surface area contributed by atoms with Crippen molar-refractivity contribution in [1.29, 1.82) is 0 Å². The molecule has 0 aliphatic carbocycles. The van der Waals surface area contributed by atoms with Gasteiger partial charge in [0.15, 0.2) is 6.10 Å². The lowest BCUT2D eigenvalue weighted by Crippen LogP contribution is -2.35. The van der Waals surface area contributed by atoms with Crippen molar-refractivity contribution < 1.29 is 23.5 Å². The van der Waals surface area contributed by atoms with Crippen LogP contribution in [0.1, 0.15) is 18.9 Å². The van der Waals surface area contributed by atoms with Gasteiger partial charge in [-0.3, -0.25) is 9.59 Å². The van der Waals surface area contributed by atoms with Crippen LogP contribution in [0.4, 0.5) is 4.39 Å². The van der Waals surface area contributed by atoms with E-state index in [0.29, 0.717) is 5.75 Å². The van der Waals surface area contributed by atoms with Crippen LogP contribution < -0.4 is 10.1 Å². The average molecular weight is 345 g/mol. The zero-order valence-electron chi connectivity index (χ0n) is 13.9. The molecule has 1 amide bonds. The molecular weight excluding hydrogens is 325 g/mol. The number of hydrogen-bond donors (Lipinski definition) is 1. The predicted molar refractivity (Wildman–Crippen MR) is 90.4 cm³/mol. The van der Waals surface area contributed by atoms with E-state index in [4.69, 9.17) is 9.47 Å². The Hall–Kier alpha value is -2.89. The summed E-state index contributed by atoms with van der Waals surface area (Å²) >= 11 is 0. The number of amides is 1. The van der Waals surface area contributed by atoms with Crippen LogP contribution in [0.25, 0.3) is 0 Å². The number of rotatable bonds is 8. The first-order chi connectivity index (χ1) is 12.0. The number of para-hydroxylation sites is 1. The fourth-order valence-corrected chi connectivity index (χ4v) is 2.01. The van der Waals surface area contributed by atoms with Gasteiger partial charge in [-0.25, -0.2) is 4.39 Å². The second-order valence-corrected chi connectivity index (χ2v) is 5.39. The summed E-state index contributed by atoms with van der Waals surface area (Å²) in [5, 5.41) is 2.64. The SMILES string of the molecule is C[C@@H](OC(=O)CCOc1ccccc1)C(=O)NCc1ccc(F)cc1. The van der Waals surface area contributed by atoms with E-state index >= 15 is 0 Å². The molecule has 2 aromatic rings. The van der Waals surface area contributed by atoms with Crippen molar-refractivity contribution in [2.75, 3.05) is 6.61 Å². The van der Waals surface area contributed by atoms with Crippen molar-refractivity contribution in [3.05, 3.63) is 66.0 Å². The van der Waals surface area contributed by atoms with Crippen molar-refractivity contribution in [3.63, 3.8) is 0 Å². The average Bonchev–Trinajstić information content (AvgIpc) is 2.61. The first kappa shape index (κ1) is 18.4. The van der Waals surface area contributed by atoms with E-state index in [9.17, 15) is 14.0 Å². The summed E-state index contributed by atoms with van der Waals surface area (Å²) in [5.41, 5.74) is 0.754. The number of hydrogen-bond acceptors (Lipinski definition) is 4. The second kappa shape index (κ2) is 9.42. The highest BCUT2D eigenvalue weighted by Gasteiger charge is 2.17. The van der Waals surface area contributed by atoms with E-state index in [1.807, 2.05) is 18.2 Å². The van der Waals surface area contributed by atoms with E-state index < -0.39 is 18.0 Å². The van der Waals surface area contributed by atoms with Gasteiger partial charge in [-0.1, -0.05) is 30.3 Å². The molecule has 1 N–H and O–H groups in total. The minimum atomic E-state index is -0.912. The standard InChI is InChI=1S/C19H20FNO4/c1-14(19(23)21-13-15-7-9-16(20)10-8-15)25-18(22)11-12-24-17-5-3-2-4-6-17/h2-10,14H,11-13H2,1H3,(H,21,23)/t14-/m1/s1. The first-order valence-electron chi connectivity index (χ1n) is 7.94. The number of carbonyl (C=O) groups is 2. The van der Waals surface area contributed by atoms with Crippen molar-refractivity contribution in [2.45, 2.75) is 26.0 Å². The predicted octanol–water partition coefficient (Wildman–Crippen LogP) is 2.84. The van der Waals surface area contributed by atoms with Crippen LogP contribution in [-0.2, 0) is 20.9 Å². The molecule has 1 atom stereocenters. The maximum Gasteiger partial charge on any atom is 0.310 e. The lowest BCUT2D eigenvalue weighted by molar-refractivity contribution is -0.155. The number of esters is 1. The number of nitrogens with one attached hydrogen (secondary N) is 1. The largest absolute Gasteiger partial charge is 0.493 e. The third-order valence-corrected chi connectivity index (χ3v) is 3.38. The maximum atomic E-state index is 12.8. The molecule has 2 rings (SSSR count). The number of ether oxygens (including phenoxy) is 2. The second-order valence-electron chi connectivity index (χ2n) is 5.39. The van der Waals surface area contributed by atoms with E-state index in [1.165, 1.54) is 19.1 Å². The summed E-state index contributed by atoms with van der Waals surface area (Å²) < 4.78 is 23.3. The highest BCUT2D eigenvalue weighted by atomic mass is 19.1. The Balaban J connectivity index is 1.67. The lowest BCUT2D eigenvalue weighted by atomic mass is 10.2. The topological polar surface area (TPSA) is 64.6 Å². The summed E-state index contributed by atoms with van der Waals surface area (Å²) in [4.78, 5) is 23.7. The monoisotopic (exact) mass is 345 g/mol. The molecule has 2 aromatic carbocycles. The van der Waals surface area contributed by atoms with Crippen LogP contribution in [0.3, 0.4) is 0 Å². The van der Waals surface area contributed by atoms with E-state index in [-0.39, 0.29) is 25.4 Å². The maximum absolute atomic E-state index is 12.8. The Morgan fingerprint density at radius 2 is 1.76 bits per heavy atom. The molecule has 0 saturated heterocycles. The van der Waals surface area contributed by atoms with Gasteiger partial charge in [0, 0.05) is 6.54 Å². The summed E-state index contributed by atoms with van der Waals surface area (Å²) in [6, 6.07) is 14.9. The Morgan fingerprint density at radius 3 is 2.44 bits per heavy atom. The van der Waals surface area contributed by atoms with Gasteiger partial charge in [-0.2, -0.15) is 0 Å². The van der Waals surface area contributed by atoms with Crippen LogP contribution >= 0.6 is 0 Å². The molecule has 25 heavy (non-hydrogen) atoms. The molecule has 132 valence electrons. The van der Waals surface area contributed by atoms with Crippen molar-refractivity contribution in [2.24, 2.45) is 0 Å². The van der Waals surface area contributed by atoms with Gasteiger partial charge in [-0.05, 0) is 36.8 Å². The van der Waals surface area contributed by atoms with Crippen molar-refractivity contribution in [3.8, 4) is 5.75 Å². The Labute approximate surface area is 145 Å². The third kappa shape index (κ3) is 6.63. The number of halogens is 1. The van der Waals surface area contributed by atoms with Crippen LogP contribution in [0.2, 0.25) is 0 Å². The molecule has 0 saturated carbocycles. The van der Waals surface area contributed by atoms with E-state index in [1.54, 1.807) is 24.3 Å². The Morgan fingerprint density at radius 1 is 1.08 bits per heavy atom. The molecule has 5 nitrogen and oxygen atoms in total. The molecule has 0 aliphatic heterocycles. The molecule has 6 heteroatoms. The number of carbonyl (C=O) groups excluding carboxylic acids is 2. The van der Waals surface area contributed by atoms with Gasteiger partial charge in [0.1, 0.15) is 11.6 Å². The molecule has 0 aliphatic rings. The van der Waals surface area contributed by atoms with E-state index in [0.717, 1.165) is 5.56 Å². The highest BCUT2D eigenvalue weighted by molar-refractivity contribution is 5.83. The molecule has 0 bridgehead atoms. The van der Waals surface area contributed by atoms with Crippen LogP contribution in [0, 0.1) is 5.82 Å². The summed E-state index contributed by atoms with van der Waals surface area (Å²) in [6.45, 7) is 1.90.